The van der Waals surface area contributed by atoms with Crippen LogP contribution in [0.1, 0.15) is 28.7 Å². The average Bonchev–Trinajstić information content (AvgIpc) is 2.73. The summed E-state index contributed by atoms with van der Waals surface area (Å²) < 4.78 is 10.8. The van der Waals surface area contributed by atoms with Crippen molar-refractivity contribution in [3.8, 4) is 5.75 Å². The Morgan fingerprint density at radius 2 is 1.83 bits per heavy atom. The number of ether oxygens (including phenoxy) is 2. The molecule has 7 nitrogen and oxygen atoms in total. The van der Waals surface area contributed by atoms with Crippen LogP contribution in [0.5, 0.6) is 5.75 Å². The quantitative estimate of drug-likeness (QED) is 0.470. The Balaban J connectivity index is 2.09. The lowest BCUT2D eigenvalue weighted by atomic mass is 9.85. The van der Waals surface area contributed by atoms with Crippen molar-refractivity contribution in [3.63, 3.8) is 0 Å². The van der Waals surface area contributed by atoms with Gasteiger partial charge in [-0.2, -0.15) is 0 Å². The Hall–Kier alpha value is -1.71. The maximum atomic E-state index is 11.3. The van der Waals surface area contributed by atoms with Crippen molar-refractivity contribution >= 4 is 11.6 Å². The van der Waals surface area contributed by atoms with Crippen LogP contribution in [-0.2, 0) is 23.6 Å². The van der Waals surface area contributed by atoms with Crippen molar-refractivity contribution in [1.29, 1.82) is 0 Å². The van der Waals surface area contributed by atoms with E-state index in [9.17, 15) is 25.5 Å². The molecule has 2 aromatic rings. The minimum atomic E-state index is -2.30. The van der Waals surface area contributed by atoms with E-state index in [0.717, 1.165) is 5.56 Å². The highest BCUT2D eigenvalue weighted by Gasteiger charge is 2.50. The van der Waals surface area contributed by atoms with Gasteiger partial charge in [0.05, 0.1) is 32.5 Å². The number of rotatable bonds is 6. The average molecular weight is 425 g/mol. The minimum absolute atomic E-state index is 0.0266. The van der Waals surface area contributed by atoms with Crippen LogP contribution in [-0.4, -0.2) is 57.6 Å². The molecule has 8 heteroatoms. The van der Waals surface area contributed by atoms with Crippen LogP contribution in [0.25, 0.3) is 0 Å². The Bertz CT molecular complexity index is 842. The van der Waals surface area contributed by atoms with Gasteiger partial charge >= 0.3 is 0 Å². The fourth-order valence-electron chi connectivity index (χ4n) is 3.60. The zero-order valence-electron chi connectivity index (χ0n) is 16.0. The highest BCUT2D eigenvalue weighted by Crippen LogP contribution is 2.41. The number of halogens is 1. The third-order valence-corrected chi connectivity index (χ3v) is 5.52. The van der Waals surface area contributed by atoms with Crippen LogP contribution >= 0.6 is 11.6 Å². The molecule has 0 spiro atoms. The second-order valence-corrected chi connectivity index (χ2v) is 7.56. The van der Waals surface area contributed by atoms with Crippen LogP contribution in [0.15, 0.2) is 36.4 Å². The summed E-state index contributed by atoms with van der Waals surface area (Å²) in [7, 11) is 1.57. The predicted octanol–water partition coefficient (Wildman–Crippen LogP) is 1.08. The van der Waals surface area contributed by atoms with Gasteiger partial charge in [0.15, 0.2) is 0 Å². The third-order valence-electron chi connectivity index (χ3n) is 5.18. The molecule has 0 unspecified atom stereocenters. The molecule has 0 aliphatic carbocycles. The monoisotopic (exact) mass is 424 g/mol. The molecule has 1 saturated heterocycles. The van der Waals surface area contributed by atoms with E-state index in [0.29, 0.717) is 23.3 Å². The van der Waals surface area contributed by atoms with Crippen LogP contribution in [0, 0.1) is 0 Å². The summed E-state index contributed by atoms with van der Waals surface area (Å²) in [6.45, 7) is -0.777. The zero-order valence-corrected chi connectivity index (χ0v) is 16.7. The van der Waals surface area contributed by atoms with E-state index >= 15 is 0 Å². The normalized spacial score (nSPS) is 27.1. The number of aliphatic hydroxyl groups excluding tert-OH is 4. The van der Waals surface area contributed by atoms with Crippen LogP contribution < -0.4 is 4.74 Å². The molecular weight excluding hydrogens is 400 g/mol. The zero-order chi connectivity index (χ0) is 21.2. The lowest BCUT2D eigenvalue weighted by molar-refractivity contribution is -0.334. The number of hydrogen-bond donors (Lipinski definition) is 5. The summed E-state index contributed by atoms with van der Waals surface area (Å²) in [5, 5.41) is 51.3. The first-order valence-corrected chi connectivity index (χ1v) is 9.63. The smallest absolute Gasteiger partial charge is 0.222 e. The largest absolute Gasteiger partial charge is 0.497 e. The molecule has 29 heavy (non-hydrogen) atoms. The fourth-order valence-corrected chi connectivity index (χ4v) is 3.91. The van der Waals surface area contributed by atoms with Crippen molar-refractivity contribution in [3.05, 3.63) is 63.7 Å². The number of aliphatic hydroxyl groups is 5. The molecule has 1 fully saturated rings. The van der Waals surface area contributed by atoms with Crippen molar-refractivity contribution < 1.29 is 35.0 Å². The summed E-state index contributed by atoms with van der Waals surface area (Å²) in [6, 6.07) is 10.3. The SMILES string of the molecule is COc1ccc(Cc2c(Cl)cc(CO)cc2[C@@]2(O)O[C@H](CO)C[C@H](O)[C@H]2O)cc1. The van der Waals surface area contributed by atoms with Crippen molar-refractivity contribution in [1.82, 2.24) is 0 Å². The molecule has 158 valence electrons. The Kier molecular flexibility index (Phi) is 6.80. The van der Waals surface area contributed by atoms with Gasteiger partial charge in [-0.25, -0.2) is 0 Å². The molecule has 0 aromatic heterocycles. The van der Waals surface area contributed by atoms with Gasteiger partial charge < -0.3 is 35.0 Å². The first-order valence-electron chi connectivity index (χ1n) is 9.25. The summed E-state index contributed by atoms with van der Waals surface area (Å²) in [4.78, 5) is 0. The molecule has 4 atom stereocenters. The van der Waals surface area contributed by atoms with Gasteiger partial charge in [0, 0.05) is 17.0 Å². The van der Waals surface area contributed by atoms with Crippen LogP contribution in [0.4, 0.5) is 0 Å². The van der Waals surface area contributed by atoms with Crippen molar-refractivity contribution in [2.75, 3.05) is 13.7 Å². The second kappa shape index (κ2) is 8.97. The minimum Gasteiger partial charge on any atom is -0.497 e. The molecule has 0 amide bonds. The fraction of sp³-hybridized carbons (Fsp3) is 0.429. The van der Waals surface area contributed by atoms with Crippen LogP contribution in [0.3, 0.4) is 0 Å². The standard InChI is InChI=1S/C21H25ClO7/c1-28-14-4-2-12(3-5-14)6-16-17(7-13(10-23)8-18(16)22)21(27)20(26)19(25)9-15(11-24)29-21/h2-5,7-8,15,19-20,23-27H,6,9-11H2,1H3/t15-,19-,20+,21+/m0/s1. The predicted molar refractivity (Wildman–Crippen MR) is 106 cm³/mol. The number of hydrogen-bond acceptors (Lipinski definition) is 7. The van der Waals surface area contributed by atoms with E-state index < -0.39 is 30.7 Å². The van der Waals surface area contributed by atoms with Crippen LogP contribution in [0.2, 0.25) is 5.02 Å². The number of benzene rings is 2. The number of methoxy groups -OCH3 is 1. The Labute approximate surface area is 173 Å². The topological polar surface area (TPSA) is 120 Å². The summed E-state index contributed by atoms with van der Waals surface area (Å²) in [6.07, 6.45) is -3.58. The van der Waals surface area contributed by atoms with Gasteiger partial charge in [-0.05, 0) is 47.4 Å². The van der Waals surface area contributed by atoms with E-state index in [2.05, 4.69) is 0 Å². The van der Waals surface area contributed by atoms with Gasteiger partial charge in [0.2, 0.25) is 5.79 Å². The Morgan fingerprint density at radius 1 is 1.14 bits per heavy atom. The van der Waals surface area contributed by atoms with Gasteiger partial charge in [-0.15, -0.1) is 0 Å². The van der Waals surface area contributed by atoms with Gasteiger partial charge in [-0.1, -0.05) is 23.7 Å². The molecule has 0 saturated carbocycles. The highest BCUT2D eigenvalue weighted by atomic mass is 35.5. The molecule has 2 aromatic carbocycles. The lowest BCUT2D eigenvalue weighted by Crippen LogP contribution is -2.57. The van der Waals surface area contributed by atoms with E-state index in [1.807, 2.05) is 12.1 Å². The van der Waals surface area contributed by atoms with E-state index in [-0.39, 0.29) is 23.6 Å². The molecule has 1 heterocycles. The van der Waals surface area contributed by atoms with Gasteiger partial charge in [0.1, 0.15) is 11.9 Å². The van der Waals surface area contributed by atoms with E-state index in [1.165, 1.54) is 6.07 Å². The van der Waals surface area contributed by atoms with E-state index in [1.54, 1.807) is 25.3 Å². The molecule has 3 rings (SSSR count). The van der Waals surface area contributed by atoms with E-state index in [4.69, 9.17) is 21.1 Å². The van der Waals surface area contributed by atoms with Gasteiger partial charge in [0.25, 0.3) is 0 Å². The summed E-state index contributed by atoms with van der Waals surface area (Å²) in [5.74, 6) is -1.61. The summed E-state index contributed by atoms with van der Waals surface area (Å²) in [5.41, 5.74) is 1.88. The Morgan fingerprint density at radius 3 is 2.41 bits per heavy atom. The third kappa shape index (κ3) is 4.41. The maximum Gasteiger partial charge on any atom is 0.222 e. The molecular formula is C21H25ClO7. The summed E-state index contributed by atoms with van der Waals surface area (Å²) >= 11 is 6.46. The molecule has 5 N–H and O–H groups in total. The molecule has 1 aliphatic rings. The highest BCUT2D eigenvalue weighted by molar-refractivity contribution is 6.31. The maximum absolute atomic E-state index is 11.3. The molecule has 1 aliphatic heterocycles. The second-order valence-electron chi connectivity index (χ2n) is 7.15. The first-order chi connectivity index (χ1) is 13.8. The van der Waals surface area contributed by atoms with Crippen molar-refractivity contribution in [2.24, 2.45) is 0 Å². The lowest BCUT2D eigenvalue weighted by Gasteiger charge is -2.44. The first kappa shape index (κ1) is 22.0. The van der Waals surface area contributed by atoms with Gasteiger partial charge in [-0.3, -0.25) is 0 Å². The molecule has 0 bridgehead atoms. The molecule has 0 radical (unpaired) electrons. The van der Waals surface area contributed by atoms with Crippen molar-refractivity contribution in [2.45, 2.75) is 43.5 Å².